The number of hydrogen-bond donors (Lipinski definition) is 1. The highest BCUT2D eigenvalue weighted by molar-refractivity contribution is 7.18. The van der Waals surface area contributed by atoms with Crippen molar-refractivity contribution in [2.75, 3.05) is 27.3 Å². The molecule has 2 N–H and O–H groups in total. The Labute approximate surface area is 177 Å². The molecule has 3 heterocycles. The lowest BCUT2D eigenvalue weighted by Gasteiger charge is -2.26. The smallest absolute Gasteiger partial charge is 0.262 e. The van der Waals surface area contributed by atoms with Crippen molar-refractivity contribution in [3.63, 3.8) is 0 Å². The number of methoxy groups -OCH3 is 2. The van der Waals surface area contributed by atoms with Crippen LogP contribution in [-0.4, -0.2) is 47.7 Å². The van der Waals surface area contributed by atoms with Crippen molar-refractivity contribution < 1.29 is 14.3 Å². The van der Waals surface area contributed by atoms with Crippen molar-refractivity contribution in [3.8, 4) is 11.5 Å². The third kappa shape index (κ3) is 3.78. The molecule has 3 aromatic rings. The van der Waals surface area contributed by atoms with Crippen LogP contribution >= 0.6 is 11.3 Å². The van der Waals surface area contributed by atoms with E-state index < -0.39 is 0 Å². The van der Waals surface area contributed by atoms with Gasteiger partial charge in [-0.1, -0.05) is 0 Å². The first-order chi connectivity index (χ1) is 14.5. The second-order valence-electron chi connectivity index (χ2n) is 7.17. The van der Waals surface area contributed by atoms with Gasteiger partial charge in [-0.3, -0.25) is 14.2 Å². The van der Waals surface area contributed by atoms with Crippen LogP contribution < -0.4 is 20.8 Å². The number of aromatic nitrogens is 2. The SMILES string of the molecule is COc1cc(CCn2cnc3sc4c(c3c2=O)CCN(C(=O)CN)C4)cc(OC)c1. The van der Waals surface area contributed by atoms with Crippen LogP contribution in [0.25, 0.3) is 10.2 Å². The van der Waals surface area contributed by atoms with Gasteiger partial charge in [0.15, 0.2) is 0 Å². The molecule has 2 aromatic heterocycles. The second kappa shape index (κ2) is 8.45. The summed E-state index contributed by atoms with van der Waals surface area (Å²) in [7, 11) is 3.23. The van der Waals surface area contributed by atoms with E-state index >= 15 is 0 Å². The van der Waals surface area contributed by atoms with Crippen molar-refractivity contribution in [1.29, 1.82) is 0 Å². The van der Waals surface area contributed by atoms with Crippen LogP contribution in [0.15, 0.2) is 29.3 Å². The molecular weight excluding hydrogens is 404 g/mol. The van der Waals surface area contributed by atoms with E-state index in [9.17, 15) is 9.59 Å². The van der Waals surface area contributed by atoms with E-state index in [0.717, 1.165) is 20.8 Å². The summed E-state index contributed by atoms with van der Waals surface area (Å²) in [6.45, 7) is 1.57. The predicted octanol–water partition coefficient (Wildman–Crippen LogP) is 1.56. The van der Waals surface area contributed by atoms with Crippen LogP contribution in [0.4, 0.5) is 0 Å². The summed E-state index contributed by atoms with van der Waals surface area (Å²) in [6.07, 6.45) is 2.90. The molecule has 1 aromatic carbocycles. The topological polar surface area (TPSA) is 99.7 Å². The molecule has 0 fully saturated rings. The van der Waals surface area contributed by atoms with Gasteiger partial charge in [0, 0.05) is 24.0 Å². The lowest BCUT2D eigenvalue weighted by atomic mass is 10.1. The first kappa shape index (κ1) is 20.4. The van der Waals surface area contributed by atoms with Gasteiger partial charge in [0.2, 0.25) is 5.91 Å². The van der Waals surface area contributed by atoms with E-state index in [2.05, 4.69) is 4.98 Å². The van der Waals surface area contributed by atoms with Gasteiger partial charge in [-0.25, -0.2) is 4.98 Å². The summed E-state index contributed by atoms with van der Waals surface area (Å²) in [5.74, 6) is 1.36. The third-order valence-electron chi connectivity index (χ3n) is 5.41. The van der Waals surface area contributed by atoms with Crippen LogP contribution in [0, 0.1) is 0 Å². The van der Waals surface area contributed by atoms with Crippen molar-refractivity contribution in [2.24, 2.45) is 5.73 Å². The number of aryl methyl sites for hydroxylation is 2. The fraction of sp³-hybridized carbons (Fsp3) is 0.381. The lowest BCUT2D eigenvalue weighted by Crippen LogP contribution is -2.39. The average molecular weight is 429 g/mol. The summed E-state index contributed by atoms with van der Waals surface area (Å²) in [5, 5.41) is 0.681. The highest BCUT2D eigenvalue weighted by Crippen LogP contribution is 2.32. The highest BCUT2D eigenvalue weighted by Gasteiger charge is 2.25. The van der Waals surface area contributed by atoms with E-state index in [1.807, 2.05) is 18.2 Å². The number of carbonyl (C=O) groups is 1. The van der Waals surface area contributed by atoms with Crippen molar-refractivity contribution in [1.82, 2.24) is 14.5 Å². The number of ether oxygens (including phenoxy) is 2. The number of hydrogen-bond acceptors (Lipinski definition) is 7. The third-order valence-corrected chi connectivity index (χ3v) is 6.53. The lowest BCUT2D eigenvalue weighted by molar-refractivity contribution is -0.130. The van der Waals surface area contributed by atoms with Crippen LogP contribution in [0.3, 0.4) is 0 Å². The fourth-order valence-electron chi connectivity index (χ4n) is 3.78. The number of benzene rings is 1. The Hall–Kier alpha value is -2.91. The van der Waals surface area contributed by atoms with E-state index in [4.69, 9.17) is 15.2 Å². The molecule has 1 aliphatic rings. The second-order valence-corrected chi connectivity index (χ2v) is 8.25. The largest absolute Gasteiger partial charge is 0.497 e. The maximum absolute atomic E-state index is 13.2. The maximum atomic E-state index is 13.2. The van der Waals surface area contributed by atoms with Crippen LogP contribution in [0.5, 0.6) is 11.5 Å². The predicted molar refractivity (Wildman–Crippen MR) is 115 cm³/mol. The van der Waals surface area contributed by atoms with Crippen molar-refractivity contribution in [2.45, 2.75) is 25.9 Å². The molecule has 158 valence electrons. The molecule has 0 saturated carbocycles. The quantitative estimate of drug-likeness (QED) is 0.640. The minimum absolute atomic E-state index is 0.000338. The summed E-state index contributed by atoms with van der Waals surface area (Å²) in [4.78, 5) is 33.1. The number of fused-ring (bicyclic) bond motifs is 3. The first-order valence-electron chi connectivity index (χ1n) is 9.73. The number of amides is 1. The molecule has 0 radical (unpaired) electrons. The molecule has 0 atom stereocenters. The van der Waals surface area contributed by atoms with Gasteiger partial charge in [-0.2, -0.15) is 0 Å². The Morgan fingerprint density at radius 1 is 1.23 bits per heavy atom. The van der Waals surface area contributed by atoms with Crippen LogP contribution in [0.2, 0.25) is 0 Å². The molecule has 1 aliphatic heterocycles. The van der Waals surface area contributed by atoms with Gasteiger partial charge in [0.1, 0.15) is 16.3 Å². The zero-order valence-corrected chi connectivity index (χ0v) is 17.8. The number of thiophene rings is 1. The first-order valence-corrected chi connectivity index (χ1v) is 10.5. The zero-order valence-electron chi connectivity index (χ0n) is 17.0. The fourth-order valence-corrected chi connectivity index (χ4v) is 4.97. The molecule has 1 amide bonds. The monoisotopic (exact) mass is 428 g/mol. The number of carbonyl (C=O) groups excluding carboxylic acids is 1. The Morgan fingerprint density at radius 2 is 1.97 bits per heavy atom. The van der Waals surface area contributed by atoms with E-state index in [0.29, 0.717) is 49.4 Å². The Balaban J connectivity index is 1.60. The van der Waals surface area contributed by atoms with E-state index in [1.165, 1.54) is 11.3 Å². The number of nitrogens with zero attached hydrogens (tertiary/aromatic N) is 3. The van der Waals surface area contributed by atoms with Crippen LogP contribution in [0.1, 0.15) is 16.0 Å². The Kier molecular flexibility index (Phi) is 5.74. The van der Waals surface area contributed by atoms with Gasteiger partial charge in [0.05, 0.1) is 39.0 Å². The normalized spacial score (nSPS) is 13.4. The molecule has 9 heteroatoms. The summed E-state index contributed by atoms with van der Waals surface area (Å²) >= 11 is 1.49. The minimum atomic E-state index is -0.0720. The van der Waals surface area contributed by atoms with E-state index in [1.54, 1.807) is 30.0 Å². The van der Waals surface area contributed by atoms with E-state index in [-0.39, 0.29) is 18.0 Å². The molecule has 4 rings (SSSR count). The summed E-state index contributed by atoms with van der Waals surface area (Å²) < 4.78 is 12.3. The van der Waals surface area contributed by atoms with Crippen molar-refractivity contribution in [3.05, 3.63) is 50.9 Å². The highest BCUT2D eigenvalue weighted by atomic mass is 32.1. The zero-order chi connectivity index (χ0) is 21.3. The molecular formula is C21H24N4O4S. The molecule has 0 bridgehead atoms. The molecule has 0 unspecified atom stereocenters. The number of nitrogens with two attached hydrogens (primary N) is 1. The molecule has 0 aliphatic carbocycles. The standard InChI is InChI=1S/C21H24N4O4S/c1-28-14-7-13(8-15(9-14)29-2)3-5-25-12-23-20-19(21(25)27)16-4-6-24(18(26)10-22)11-17(16)30-20/h7-9,12H,3-6,10-11,22H2,1-2H3. The molecule has 8 nitrogen and oxygen atoms in total. The minimum Gasteiger partial charge on any atom is -0.497 e. The maximum Gasteiger partial charge on any atom is 0.262 e. The van der Waals surface area contributed by atoms with Gasteiger partial charge in [-0.05, 0) is 36.1 Å². The number of rotatable bonds is 6. The van der Waals surface area contributed by atoms with Crippen molar-refractivity contribution >= 4 is 27.5 Å². The average Bonchev–Trinajstić information content (AvgIpc) is 3.16. The molecule has 0 spiro atoms. The van der Waals surface area contributed by atoms with Crippen LogP contribution in [-0.2, 0) is 30.7 Å². The van der Waals surface area contributed by atoms with Gasteiger partial charge >= 0.3 is 0 Å². The van der Waals surface area contributed by atoms with Gasteiger partial charge < -0.3 is 20.1 Å². The molecule has 0 saturated heterocycles. The van der Waals surface area contributed by atoms with Gasteiger partial charge in [-0.15, -0.1) is 11.3 Å². The van der Waals surface area contributed by atoms with Gasteiger partial charge in [0.25, 0.3) is 5.56 Å². The Morgan fingerprint density at radius 3 is 2.63 bits per heavy atom. The molecule has 30 heavy (non-hydrogen) atoms. The Bertz CT molecular complexity index is 1130. The summed E-state index contributed by atoms with van der Waals surface area (Å²) in [6, 6.07) is 5.70. The summed E-state index contributed by atoms with van der Waals surface area (Å²) in [5.41, 5.74) is 7.49.